The Bertz CT molecular complexity index is 527. The van der Waals surface area contributed by atoms with Gasteiger partial charge >= 0.3 is 5.97 Å². The van der Waals surface area contributed by atoms with E-state index < -0.39 is 18.0 Å². The first-order valence-corrected chi connectivity index (χ1v) is 5.26. The van der Waals surface area contributed by atoms with E-state index in [-0.39, 0.29) is 12.1 Å². The van der Waals surface area contributed by atoms with Crippen LogP contribution in [0.2, 0.25) is 0 Å². The summed E-state index contributed by atoms with van der Waals surface area (Å²) in [5.41, 5.74) is 0.649. The number of carbonyl (C=O) groups excluding carboxylic acids is 1. The van der Waals surface area contributed by atoms with Crippen molar-refractivity contribution in [1.82, 2.24) is 4.98 Å². The number of amides is 1. The molecule has 2 rings (SSSR count). The molecule has 2 heterocycles. The highest BCUT2D eigenvalue weighted by atomic mass is 16.6. The van der Waals surface area contributed by atoms with Gasteiger partial charge in [0.05, 0.1) is 0 Å². The number of carbonyl (C=O) groups is 2. The van der Waals surface area contributed by atoms with Gasteiger partial charge < -0.3 is 15.3 Å². The maximum absolute atomic E-state index is 11.8. The van der Waals surface area contributed by atoms with Gasteiger partial charge in [0.1, 0.15) is 5.82 Å². The largest absolute Gasteiger partial charge is 0.477 e. The number of nitrogens with one attached hydrogen (secondary N) is 1. The molecule has 1 aliphatic heterocycles. The van der Waals surface area contributed by atoms with Crippen LogP contribution in [-0.4, -0.2) is 33.8 Å². The fourth-order valence-electron chi connectivity index (χ4n) is 1.46. The molecule has 0 aliphatic carbocycles. The Morgan fingerprint density at radius 2 is 2.33 bits per heavy atom. The van der Waals surface area contributed by atoms with Crippen LogP contribution < -0.4 is 5.32 Å². The summed E-state index contributed by atoms with van der Waals surface area (Å²) in [5.74, 6) is -1.22. The number of pyridine rings is 1. The molecule has 1 aromatic heterocycles. The van der Waals surface area contributed by atoms with Crippen molar-refractivity contribution < 1.29 is 19.5 Å². The molecule has 1 unspecified atom stereocenters. The lowest BCUT2D eigenvalue weighted by Gasteiger charge is -2.10. The van der Waals surface area contributed by atoms with Gasteiger partial charge in [0.25, 0.3) is 5.91 Å². The molecule has 0 aromatic carbocycles. The zero-order valence-corrected chi connectivity index (χ0v) is 9.58. The van der Waals surface area contributed by atoms with Crippen LogP contribution in [-0.2, 0) is 14.4 Å². The molecule has 0 bridgehead atoms. The number of rotatable bonds is 3. The number of hydrogen-bond donors (Lipinski definition) is 2. The highest BCUT2D eigenvalue weighted by Crippen LogP contribution is 2.15. The van der Waals surface area contributed by atoms with Gasteiger partial charge in [-0.25, -0.2) is 9.78 Å². The third-order valence-electron chi connectivity index (χ3n) is 2.46. The van der Waals surface area contributed by atoms with Gasteiger partial charge in [-0.1, -0.05) is 11.2 Å². The van der Waals surface area contributed by atoms with Crippen LogP contribution in [0.1, 0.15) is 12.0 Å². The Balaban J connectivity index is 1.99. The molecule has 7 nitrogen and oxygen atoms in total. The molecule has 0 fully saturated rings. The average Bonchev–Trinajstić information content (AvgIpc) is 2.81. The molecule has 18 heavy (non-hydrogen) atoms. The van der Waals surface area contributed by atoms with E-state index in [1.807, 2.05) is 0 Å². The summed E-state index contributed by atoms with van der Waals surface area (Å²) in [6.45, 7) is 1.80. The second kappa shape index (κ2) is 4.82. The molecule has 0 spiro atoms. The molecule has 1 aromatic rings. The Labute approximate surface area is 102 Å². The number of aromatic nitrogens is 1. The minimum Gasteiger partial charge on any atom is -0.477 e. The number of oxime groups is 1. The van der Waals surface area contributed by atoms with Gasteiger partial charge in [-0.2, -0.15) is 0 Å². The van der Waals surface area contributed by atoms with Crippen molar-refractivity contribution in [2.45, 2.75) is 19.4 Å². The van der Waals surface area contributed by atoms with E-state index in [1.54, 1.807) is 25.3 Å². The van der Waals surface area contributed by atoms with Gasteiger partial charge in [0, 0.05) is 12.6 Å². The Kier molecular flexibility index (Phi) is 3.22. The van der Waals surface area contributed by atoms with E-state index in [4.69, 9.17) is 9.94 Å². The number of carboxylic acid groups (broad SMARTS) is 1. The molecule has 1 aliphatic rings. The van der Waals surface area contributed by atoms with Crippen molar-refractivity contribution in [3.8, 4) is 0 Å². The summed E-state index contributed by atoms with van der Waals surface area (Å²) in [7, 11) is 0. The molecular weight excluding hydrogens is 238 g/mol. The van der Waals surface area contributed by atoms with Crippen LogP contribution in [0.15, 0.2) is 23.5 Å². The zero-order valence-electron chi connectivity index (χ0n) is 9.58. The quantitative estimate of drug-likeness (QED) is 0.815. The molecule has 0 saturated carbocycles. The zero-order chi connectivity index (χ0) is 13.1. The van der Waals surface area contributed by atoms with Crippen molar-refractivity contribution in [3.05, 3.63) is 23.9 Å². The fraction of sp³-hybridized carbons (Fsp3) is 0.273. The third kappa shape index (κ3) is 2.45. The third-order valence-corrected chi connectivity index (χ3v) is 2.46. The monoisotopic (exact) mass is 249 g/mol. The molecule has 0 radical (unpaired) electrons. The van der Waals surface area contributed by atoms with Gasteiger partial charge in [-0.05, 0) is 18.6 Å². The van der Waals surface area contributed by atoms with E-state index in [2.05, 4.69) is 15.5 Å². The second-order valence-electron chi connectivity index (χ2n) is 3.80. The molecule has 94 valence electrons. The molecule has 1 amide bonds. The molecule has 2 N–H and O–H groups in total. The van der Waals surface area contributed by atoms with E-state index in [0.717, 1.165) is 5.56 Å². The van der Waals surface area contributed by atoms with Gasteiger partial charge in [0.15, 0.2) is 5.71 Å². The second-order valence-corrected chi connectivity index (χ2v) is 3.80. The topological polar surface area (TPSA) is 101 Å². The lowest BCUT2D eigenvalue weighted by Crippen LogP contribution is -2.29. The normalized spacial score (nSPS) is 17.8. The van der Waals surface area contributed by atoms with E-state index >= 15 is 0 Å². The van der Waals surface area contributed by atoms with E-state index in [9.17, 15) is 9.59 Å². The first kappa shape index (κ1) is 12.0. The Morgan fingerprint density at radius 1 is 1.56 bits per heavy atom. The highest BCUT2D eigenvalue weighted by Gasteiger charge is 2.31. The van der Waals surface area contributed by atoms with Crippen molar-refractivity contribution in [2.75, 3.05) is 5.32 Å². The van der Waals surface area contributed by atoms with Crippen LogP contribution >= 0.6 is 0 Å². The first-order valence-electron chi connectivity index (χ1n) is 5.26. The lowest BCUT2D eigenvalue weighted by molar-refractivity contribution is -0.129. The number of aliphatic carboxylic acids is 1. The van der Waals surface area contributed by atoms with Gasteiger partial charge in [-0.3, -0.25) is 4.79 Å². The molecular formula is C11H11N3O4. The van der Waals surface area contributed by atoms with Crippen LogP contribution in [0.25, 0.3) is 0 Å². The fourth-order valence-corrected chi connectivity index (χ4v) is 1.46. The Hall–Kier alpha value is -2.44. The smallest absolute Gasteiger partial charge is 0.353 e. The van der Waals surface area contributed by atoms with Crippen LogP contribution in [0.4, 0.5) is 5.82 Å². The van der Waals surface area contributed by atoms with Crippen LogP contribution in [0, 0.1) is 6.92 Å². The summed E-state index contributed by atoms with van der Waals surface area (Å²) in [4.78, 5) is 31.2. The maximum Gasteiger partial charge on any atom is 0.353 e. The number of anilines is 1. The van der Waals surface area contributed by atoms with Crippen molar-refractivity contribution in [1.29, 1.82) is 0 Å². The predicted octanol–water partition coefficient (Wildman–Crippen LogP) is 0.558. The van der Waals surface area contributed by atoms with Crippen molar-refractivity contribution in [3.63, 3.8) is 0 Å². The average molecular weight is 249 g/mol. The number of hydrogen-bond acceptors (Lipinski definition) is 5. The number of nitrogens with zero attached hydrogens (tertiary/aromatic N) is 2. The number of carboxylic acids is 1. The minimum atomic E-state index is -1.18. The minimum absolute atomic E-state index is 0.0486. The predicted molar refractivity (Wildman–Crippen MR) is 62.2 cm³/mol. The first-order chi connectivity index (χ1) is 8.58. The van der Waals surface area contributed by atoms with Crippen LogP contribution in [0.3, 0.4) is 0 Å². The Morgan fingerprint density at radius 3 is 2.94 bits per heavy atom. The van der Waals surface area contributed by atoms with E-state index in [0.29, 0.717) is 5.82 Å². The van der Waals surface area contributed by atoms with Crippen molar-refractivity contribution >= 4 is 23.4 Å². The SMILES string of the molecule is Cc1cccnc1NC(=O)C1CC(C(=O)O)=NO1. The van der Waals surface area contributed by atoms with Gasteiger partial charge in [-0.15, -0.1) is 0 Å². The van der Waals surface area contributed by atoms with Gasteiger partial charge in [0.2, 0.25) is 6.10 Å². The van der Waals surface area contributed by atoms with E-state index in [1.165, 1.54) is 0 Å². The summed E-state index contributed by atoms with van der Waals surface area (Å²) < 4.78 is 0. The van der Waals surface area contributed by atoms with Crippen molar-refractivity contribution in [2.24, 2.45) is 5.16 Å². The molecule has 7 heteroatoms. The number of aryl methyl sites for hydroxylation is 1. The lowest BCUT2D eigenvalue weighted by atomic mass is 10.1. The standard InChI is InChI=1S/C11H11N3O4/c1-6-3-2-4-12-9(6)13-10(15)8-5-7(11(16)17)14-18-8/h2-4,8H,5H2,1H3,(H,16,17)(H,12,13,15). The summed E-state index contributed by atoms with van der Waals surface area (Å²) in [5, 5.41) is 14.6. The molecule has 1 atom stereocenters. The van der Waals surface area contributed by atoms with Crippen LogP contribution in [0.5, 0.6) is 0 Å². The molecule has 0 saturated heterocycles. The summed E-state index contributed by atoms with van der Waals surface area (Å²) in [6, 6.07) is 3.56. The summed E-state index contributed by atoms with van der Waals surface area (Å²) >= 11 is 0. The summed E-state index contributed by atoms with van der Waals surface area (Å²) in [6.07, 6.45) is 0.585. The maximum atomic E-state index is 11.8. The highest BCUT2D eigenvalue weighted by molar-refractivity contribution is 6.36.